The summed E-state index contributed by atoms with van der Waals surface area (Å²) in [5.41, 5.74) is 2.17. The molecule has 0 aromatic heterocycles. The molecular formula is C12H17NO. The molecule has 1 rings (SSSR count). The van der Waals surface area contributed by atoms with E-state index in [9.17, 15) is 4.79 Å². The number of carbonyl (C=O) groups is 1. The fraction of sp³-hybridized carbons (Fsp3) is 0.417. The third kappa shape index (κ3) is 2.87. The number of benzene rings is 1. The first kappa shape index (κ1) is 10.8. The van der Waals surface area contributed by atoms with Gasteiger partial charge in [0.1, 0.15) is 0 Å². The maximum atomic E-state index is 11.1. The Bertz CT molecular complexity index is 301. The summed E-state index contributed by atoms with van der Waals surface area (Å²) in [4.78, 5) is 11.1. The van der Waals surface area contributed by atoms with Crippen molar-refractivity contribution >= 4 is 11.6 Å². The molecule has 0 atom stereocenters. The molecule has 0 saturated heterocycles. The minimum atomic E-state index is 0.0577. The standard InChI is InChI=1S/C12H17NO/c1-4-12(14)13-11-7-5-10(6-8-11)9(2)3/h5-9H,4H2,1-3H3,(H,13,14). The highest BCUT2D eigenvalue weighted by Gasteiger charge is 2.00. The molecule has 14 heavy (non-hydrogen) atoms. The molecule has 1 aromatic carbocycles. The third-order valence-electron chi connectivity index (χ3n) is 2.18. The molecule has 0 bridgehead atoms. The fourth-order valence-electron chi connectivity index (χ4n) is 1.20. The predicted molar refractivity (Wildman–Crippen MR) is 59.5 cm³/mol. The molecule has 1 N–H and O–H groups in total. The van der Waals surface area contributed by atoms with Crippen LogP contribution in [-0.2, 0) is 4.79 Å². The van der Waals surface area contributed by atoms with Crippen LogP contribution in [0, 0.1) is 0 Å². The summed E-state index contributed by atoms with van der Waals surface area (Å²) in [7, 11) is 0. The smallest absolute Gasteiger partial charge is 0.224 e. The third-order valence-corrected chi connectivity index (χ3v) is 2.18. The second-order valence-electron chi connectivity index (χ2n) is 3.68. The molecule has 2 nitrogen and oxygen atoms in total. The summed E-state index contributed by atoms with van der Waals surface area (Å²) in [5.74, 6) is 0.591. The molecule has 0 heterocycles. The van der Waals surface area contributed by atoms with E-state index in [2.05, 4.69) is 31.3 Å². The number of carbonyl (C=O) groups excluding carboxylic acids is 1. The Morgan fingerprint density at radius 3 is 2.29 bits per heavy atom. The molecule has 2 heteroatoms. The van der Waals surface area contributed by atoms with Gasteiger partial charge in [0.25, 0.3) is 0 Å². The molecule has 0 aliphatic heterocycles. The van der Waals surface area contributed by atoms with E-state index in [0.29, 0.717) is 12.3 Å². The second-order valence-corrected chi connectivity index (χ2v) is 3.68. The summed E-state index contributed by atoms with van der Waals surface area (Å²) in [6.45, 7) is 6.15. The average Bonchev–Trinajstić information content (AvgIpc) is 2.18. The van der Waals surface area contributed by atoms with Crippen LogP contribution in [0.2, 0.25) is 0 Å². The van der Waals surface area contributed by atoms with Crippen molar-refractivity contribution in [3.8, 4) is 0 Å². The Kier molecular flexibility index (Phi) is 3.69. The van der Waals surface area contributed by atoms with E-state index < -0.39 is 0 Å². The number of nitrogens with one attached hydrogen (secondary N) is 1. The van der Waals surface area contributed by atoms with Crippen molar-refractivity contribution in [2.75, 3.05) is 5.32 Å². The zero-order chi connectivity index (χ0) is 10.6. The summed E-state index contributed by atoms with van der Waals surface area (Å²) < 4.78 is 0. The van der Waals surface area contributed by atoms with E-state index in [4.69, 9.17) is 0 Å². The number of rotatable bonds is 3. The maximum absolute atomic E-state index is 11.1. The van der Waals surface area contributed by atoms with Crippen molar-refractivity contribution < 1.29 is 4.79 Å². The Hall–Kier alpha value is -1.31. The molecule has 1 aromatic rings. The van der Waals surface area contributed by atoms with Gasteiger partial charge >= 0.3 is 0 Å². The molecule has 0 aliphatic rings. The van der Waals surface area contributed by atoms with Crippen molar-refractivity contribution in [1.82, 2.24) is 0 Å². The Morgan fingerprint density at radius 2 is 1.86 bits per heavy atom. The van der Waals surface area contributed by atoms with E-state index in [1.807, 2.05) is 19.1 Å². The van der Waals surface area contributed by atoms with Crippen LogP contribution < -0.4 is 5.32 Å². The predicted octanol–water partition coefficient (Wildman–Crippen LogP) is 3.16. The van der Waals surface area contributed by atoms with E-state index in [1.165, 1.54) is 5.56 Å². The van der Waals surface area contributed by atoms with Crippen LogP contribution in [0.5, 0.6) is 0 Å². The lowest BCUT2D eigenvalue weighted by Crippen LogP contribution is -2.09. The maximum Gasteiger partial charge on any atom is 0.224 e. The molecule has 0 spiro atoms. The van der Waals surface area contributed by atoms with Crippen molar-refractivity contribution in [1.29, 1.82) is 0 Å². The normalized spacial score (nSPS) is 10.3. The quantitative estimate of drug-likeness (QED) is 0.781. The fourth-order valence-corrected chi connectivity index (χ4v) is 1.20. The molecule has 1 amide bonds. The van der Waals surface area contributed by atoms with Crippen LogP contribution in [-0.4, -0.2) is 5.91 Å². The Labute approximate surface area is 85.3 Å². The summed E-state index contributed by atoms with van der Waals surface area (Å²) in [6, 6.07) is 8.00. The molecule has 76 valence electrons. The topological polar surface area (TPSA) is 29.1 Å². The van der Waals surface area contributed by atoms with Gasteiger partial charge in [-0.3, -0.25) is 4.79 Å². The van der Waals surface area contributed by atoms with E-state index >= 15 is 0 Å². The Morgan fingerprint density at radius 1 is 1.29 bits per heavy atom. The lowest BCUT2D eigenvalue weighted by atomic mass is 10.0. The van der Waals surface area contributed by atoms with E-state index in [0.717, 1.165) is 5.69 Å². The lowest BCUT2D eigenvalue weighted by Gasteiger charge is -2.07. The average molecular weight is 191 g/mol. The summed E-state index contributed by atoms with van der Waals surface area (Å²) in [6.07, 6.45) is 0.520. The highest BCUT2D eigenvalue weighted by atomic mass is 16.1. The molecule has 0 fully saturated rings. The van der Waals surface area contributed by atoms with Crippen LogP contribution in [0.4, 0.5) is 5.69 Å². The molecule has 0 aliphatic carbocycles. The van der Waals surface area contributed by atoms with Gasteiger partial charge in [-0.05, 0) is 23.6 Å². The van der Waals surface area contributed by atoms with Crippen LogP contribution in [0.15, 0.2) is 24.3 Å². The largest absolute Gasteiger partial charge is 0.326 e. The summed E-state index contributed by atoms with van der Waals surface area (Å²) in [5, 5.41) is 2.82. The number of hydrogen-bond acceptors (Lipinski definition) is 1. The van der Waals surface area contributed by atoms with Gasteiger partial charge in [0, 0.05) is 12.1 Å². The minimum Gasteiger partial charge on any atom is -0.326 e. The first-order valence-electron chi connectivity index (χ1n) is 5.03. The SMILES string of the molecule is CCC(=O)Nc1ccc(C(C)C)cc1. The molecular weight excluding hydrogens is 174 g/mol. The van der Waals surface area contributed by atoms with Gasteiger partial charge in [0.2, 0.25) is 5.91 Å². The van der Waals surface area contributed by atoms with Gasteiger partial charge in [0.05, 0.1) is 0 Å². The lowest BCUT2D eigenvalue weighted by molar-refractivity contribution is -0.115. The highest BCUT2D eigenvalue weighted by molar-refractivity contribution is 5.90. The van der Waals surface area contributed by atoms with Crippen LogP contribution in [0.3, 0.4) is 0 Å². The van der Waals surface area contributed by atoms with Crippen LogP contribution >= 0.6 is 0 Å². The van der Waals surface area contributed by atoms with Crippen LogP contribution in [0.25, 0.3) is 0 Å². The number of amides is 1. The van der Waals surface area contributed by atoms with Gasteiger partial charge in [-0.25, -0.2) is 0 Å². The van der Waals surface area contributed by atoms with Crippen molar-refractivity contribution in [2.45, 2.75) is 33.1 Å². The highest BCUT2D eigenvalue weighted by Crippen LogP contribution is 2.17. The first-order valence-corrected chi connectivity index (χ1v) is 5.03. The van der Waals surface area contributed by atoms with Gasteiger partial charge in [0.15, 0.2) is 0 Å². The van der Waals surface area contributed by atoms with Gasteiger partial charge in [-0.15, -0.1) is 0 Å². The van der Waals surface area contributed by atoms with E-state index in [-0.39, 0.29) is 5.91 Å². The summed E-state index contributed by atoms with van der Waals surface area (Å²) >= 11 is 0. The molecule has 0 radical (unpaired) electrons. The van der Waals surface area contributed by atoms with Gasteiger partial charge in [-0.2, -0.15) is 0 Å². The Balaban J connectivity index is 2.69. The minimum absolute atomic E-state index is 0.0577. The number of hydrogen-bond donors (Lipinski definition) is 1. The van der Waals surface area contributed by atoms with Crippen molar-refractivity contribution in [3.63, 3.8) is 0 Å². The van der Waals surface area contributed by atoms with Gasteiger partial charge in [-0.1, -0.05) is 32.9 Å². The zero-order valence-corrected chi connectivity index (χ0v) is 9.00. The first-order chi connectivity index (χ1) is 6.63. The molecule has 0 saturated carbocycles. The monoisotopic (exact) mass is 191 g/mol. The molecule has 0 unspecified atom stereocenters. The van der Waals surface area contributed by atoms with E-state index in [1.54, 1.807) is 0 Å². The van der Waals surface area contributed by atoms with Gasteiger partial charge < -0.3 is 5.32 Å². The van der Waals surface area contributed by atoms with Crippen LogP contribution in [0.1, 0.15) is 38.7 Å². The van der Waals surface area contributed by atoms with Crippen molar-refractivity contribution in [2.24, 2.45) is 0 Å². The second kappa shape index (κ2) is 4.80. The number of anilines is 1. The van der Waals surface area contributed by atoms with Crippen molar-refractivity contribution in [3.05, 3.63) is 29.8 Å². The zero-order valence-electron chi connectivity index (χ0n) is 9.00.